The van der Waals surface area contributed by atoms with Crippen LogP contribution in [0.3, 0.4) is 0 Å². The van der Waals surface area contributed by atoms with Crippen molar-refractivity contribution in [3.05, 3.63) is 53.3 Å². The Bertz CT molecular complexity index is 682. The molecule has 1 aromatic heterocycles. The number of anilines is 1. The molecule has 23 heavy (non-hydrogen) atoms. The number of carbonyl (C=O) groups excluding carboxylic acids is 1. The lowest BCUT2D eigenvalue weighted by Crippen LogP contribution is -2.49. The van der Waals surface area contributed by atoms with Crippen LogP contribution in [0.15, 0.2) is 42.7 Å². The van der Waals surface area contributed by atoms with E-state index in [0.29, 0.717) is 24.5 Å². The Balaban J connectivity index is 1.56. The second-order valence-corrected chi connectivity index (χ2v) is 6.01. The average Bonchev–Trinajstić information content (AvgIpc) is 2.57. The molecule has 0 spiro atoms. The number of aromatic nitrogens is 1. The quantitative estimate of drug-likeness (QED) is 0.938. The molecule has 1 aromatic carbocycles. The third-order valence-corrected chi connectivity index (χ3v) is 4.23. The van der Waals surface area contributed by atoms with Gasteiger partial charge in [0.1, 0.15) is 5.75 Å². The average molecular weight is 332 g/mol. The van der Waals surface area contributed by atoms with Crippen molar-refractivity contribution in [2.24, 2.45) is 0 Å². The summed E-state index contributed by atoms with van der Waals surface area (Å²) in [6.45, 7) is 2.80. The molecule has 3 rings (SSSR count). The summed E-state index contributed by atoms with van der Waals surface area (Å²) >= 11 is 5.86. The molecule has 0 bridgehead atoms. The van der Waals surface area contributed by atoms with E-state index >= 15 is 0 Å². The van der Waals surface area contributed by atoms with Gasteiger partial charge in [0.2, 0.25) is 5.91 Å². The topological polar surface area (TPSA) is 56.7 Å². The number of hydrogen-bond acceptors (Lipinski definition) is 4. The summed E-state index contributed by atoms with van der Waals surface area (Å²) in [5.74, 6) is 0.282. The first-order valence-electron chi connectivity index (χ1n) is 7.53. The van der Waals surface area contributed by atoms with E-state index in [1.54, 1.807) is 24.4 Å². The zero-order valence-corrected chi connectivity index (χ0v) is 13.4. The summed E-state index contributed by atoms with van der Waals surface area (Å²) in [4.78, 5) is 20.4. The molecule has 2 aromatic rings. The van der Waals surface area contributed by atoms with Crippen LogP contribution in [0, 0.1) is 0 Å². The number of nitrogens with zero attached hydrogens (tertiary/aromatic N) is 3. The van der Waals surface area contributed by atoms with Gasteiger partial charge in [0.05, 0.1) is 24.5 Å². The van der Waals surface area contributed by atoms with Gasteiger partial charge in [-0.3, -0.25) is 9.78 Å². The lowest BCUT2D eigenvalue weighted by Gasteiger charge is -2.36. The first kappa shape index (κ1) is 15.6. The summed E-state index contributed by atoms with van der Waals surface area (Å²) in [5.41, 5.74) is 1.86. The van der Waals surface area contributed by atoms with Crippen molar-refractivity contribution in [3.8, 4) is 5.75 Å². The number of halogens is 1. The molecule has 2 heterocycles. The minimum atomic E-state index is 0.126. The third-order valence-electron chi connectivity index (χ3n) is 3.98. The number of benzene rings is 1. The van der Waals surface area contributed by atoms with Gasteiger partial charge >= 0.3 is 0 Å². The molecule has 6 heteroatoms. The van der Waals surface area contributed by atoms with E-state index in [2.05, 4.69) is 9.88 Å². The molecule has 1 aliphatic heterocycles. The number of aromatic hydroxyl groups is 1. The molecule has 1 saturated heterocycles. The SMILES string of the molecule is O=C(Cc1ccc(Cl)cc1)N1CCN(c2cncc(O)c2)CC1. The van der Waals surface area contributed by atoms with Crippen LogP contribution in [-0.2, 0) is 11.2 Å². The van der Waals surface area contributed by atoms with Gasteiger partial charge < -0.3 is 14.9 Å². The van der Waals surface area contributed by atoms with Gasteiger partial charge in [0.15, 0.2) is 0 Å². The fraction of sp³-hybridized carbons (Fsp3) is 0.294. The van der Waals surface area contributed by atoms with Crippen LogP contribution in [0.5, 0.6) is 5.75 Å². The van der Waals surface area contributed by atoms with E-state index in [1.807, 2.05) is 17.0 Å². The summed E-state index contributed by atoms with van der Waals surface area (Å²) in [6.07, 6.45) is 3.53. The summed E-state index contributed by atoms with van der Waals surface area (Å²) in [5, 5.41) is 10.2. The second-order valence-electron chi connectivity index (χ2n) is 5.57. The van der Waals surface area contributed by atoms with Crippen LogP contribution in [0.25, 0.3) is 0 Å². The second kappa shape index (κ2) is 6.87. The van der Waals surface area contributed by atoms with E-state index < -0.39 is 0 Å². The Morgan fingerprint density at radius 2 is 1.83 bits per heavy atom. The van der Waals surface area contributed by atoms with Crippen molar-refractivity contribution < 1.29 is 9.90 Å². The maximum absolute atomic E-state index is 12.4. The molecule has 0 radical (unpaired) electrons. The number of hydrogen-bond donors (Lipinski definition) is 1. The van der Waals surface area contributed by atoms with Crippen LogP contribution in [0.2, 0.25) is 5.02 Å². The monoisotopic (exact) mass is 331 g/mol. The maximum atomic E-state index is 12.4. The smallest absolute Gasteiger partial charge is 0.227 e. The highest BCUT2D eigenvalue weighted by Crippen LogP contribution is 2.20. The molecule has 0 aliphatic carbocycles. The Morgan fingerprint density at radius 1 is 1.13 bits per heavy atom. The molecule has 0 saturated carbocycles. The normalized spacial score (nSPS) is 14.8. The number of carbonyl (C=O) groups is 1. The molecule has 1 amide bonds. The molecule has 1 fully saturated rings. The largest absolute Gasteiger partial charge is 0.506 e. The first-order valence-corrected chi connectivity index (χ1v) is 7.91. The van der Waals surface area contributed by atoms with Crippen LogP contribution in [-0.4, -0.2) is 47.1 Å². The molecular weight excluding hydrogens is 314 g/mol. The van der Waals surface area contributed by atoms with Crippen molar-refractivity contribution in [1.29, 1.82) is 0 Å². The van der Waals surface area contributed by atoms with Gasteiger partial charge in [-0.2, -0.15) is 0 Å². The summed E-state index contributed by atoms with van der Waals surface area (Å²) in [7, 11) is 0. The minimum absolute atomic E-state index is 0.126. The van der Waals surface area contributed by atoms with Crippen LogP contribution in [0.1, 0.15) is 5.56 Å². The standard InChI is InChI=1S/C17H18ClN3O2/c18-14-3-1-13(2-4-14)9-17(23)21-7-5-20(6-8-21)15-10-16(22)12-19-11-15/h1-4,10-12,22H,5-9H2. The molecule has 5 nitrogen and oxygen atoms in total. The molecule has 120 valence electrons. The summed E-state index contributed by atoms with van der Waals surface area (Å²) < 4.78 is 0. The van der Waals surface area contributed by atoms with Gasteiger partial charge in [-0.15, -0.1) is 0 Å². The molecule has 1 aliphatic rings. The number of rotatable bonds is 3. The fourth-order valence-electron chi connectivity index (χ4n) is 2.69. The number of pyridine rings is 1. The van der Waals surface area contributed by atoms with Crippen molar-refractivity contribution in [2.45, 2.75) is 6.42 Å². The lowest BCUT2D eigenvalue weighted by molar-refractivity contribution is -0.130. The summed E-state index contributed by atoms with van der Waals surface area (Å²) in [6, 6.07) is 9.07. The van der Waals surface area contributed by atoms with E-state index in [0.717, 1.165) is 24.3 Å². The third kappa shape index (κ3) is 3.93. The Kier molecular flexibility index (Phi) is 4.67. The maximum Gasteiger partial charge on any atom is 0.227 e. The van der Waals surface area contributed by atoms with Crippen LogP contribution < -0.4 is 4.90 Å². The van der Waals surface area contributed by atoms with Gasteiger partial charge in [-0.25, -0.2) is 0 Å². The van der Waals surface area contributed by atoms with Crippen molar-refractivity contribution in [2.75, 3.05) is 31.1 Å². The Hall–Kier alpha value is -2.27. The predicted molar refractivity (Wildman–Crippen MR) is 89.9 cm³/mol. The molecule has 1 N–H and O–H groups in total. The lowest BCUT2D eigenvalue weighted by atomic mass is 10.1. The highest BCUT2D eigenvalue weighted by molar-refractivity contribution is 6.30. The van der Waals surface area contributed by atoms with Gasteiger partial charge in [0, 0.05) is 37.3 Å². The van der Waals surface area contributed by atoms with Gasteiger partial charge in [-0.05, 0) is 17.7 Å². The highest BCUT2D eigenvalue weighted by Gasteiger charge is 2.21. The van der Waals surface area contributed by atoms with Gasteiger partial charge in [0.25, 0.3) is 0 Å². The molecule has 0 unspecified atom stereocenters. The Labute approximate surface area is 140 Å². The predicted octanol–water partition coefficient (Wildman–Crippen LogP) is 2.33. The zero-order valence-electron chi connectivity index (χ0n) is 12.7. The van der Waals surface area contributed by atoms with E-state index in [4.69, 9.17) is 11.6 Å². The van der Waals surface area contributed by atoms with Crippen molar-refractivity contribution in [3.63, 3.8) is 0 Å². The highest BCUT2D eigenvalue weighted by atomic mass is 35.5. The number of piperazine rings is 1. The first-order chi connectivity index (χ1) is 11.1. The van der Waals surface area contributed by atoms with E-state index in [1.165, 1.54) is 6.20 Å². The van der Waals surface area contributed by atoms with Crippen LogP contribution >= 0.6 is 11.6 Å². The van der Waals surface area contributed by atoms with Crippen molar-refractivity contribution >= 4 is 23.2 Å². The molecular formula is C17H18ClN3O2. The van der Waals surface area contributed by atoms with Crippen LogP contribution in [0.4, 0.5) is 5.69 Å². The Morgan fingerprint density at radius 3 is 2.48 bits per heavy atom. The van der Waals surface area contributed by atoms with Gasteiger partial charge in [-0.1, -0.05) is 23.7 Å². The number of amides is 1. The minimum Gasteiger partial charge on any atom is -0.506 e. The van der Waals surface area contributed by atoms with E-state index in [9.17, 15) is 9.90 Å². The van der Waals surface area contributed by atoms with E-state index in [-0.39, 0.29) is 11.7 Å². The van der Waals surface area contributed by atoms with Crippen molar-refractivity contribution in [1.82, 2.24) is 9.88 Å². The zero-order chi connectivity index (χ0) is 16.2. The fourth-order valence-corrected chi connectivity index (χ4v) is 2.82. The molecule has 0 atom stereocenters.